The number of amides is 4. The summed E-state index contributed by atoms with van der Waals surface area (Å²) in [7, 11) is 1.45. The molecule has 224 valence electrons. The number of anilines is 1. The van der Waals surface area contributed by atoms with E-state index in [0.717, 1.165) is 20.5 Å². The summed E-state index contributed by atoms with van der Waals surface area (Å²) >= 11 is 22.1. The summed E-state index contributed by atoms with van der Waals surface area (Å²) < 4.78 is 18.1. The summed E-state index contributed by atoms with van der Waals surface area (Å²) in [5.74, 6) is -0.585. The highest BCUT2D eigenvalue weighted by Crippen LogP contribution is 2.38. The van der Waals surface area contributed by atoms with Crippen molar-refractivity contribution in [3.05, 3.63) is 121 Å². The molecule has 0 aliphatic carbocycles. The number of nitrogens with one attached hydrogen (secondary N) is 1. The molecule has 1 N–H and O–H groups in total. The molecule has 5 rings (SSSR count). The van der Waals surface area contributed by atoms with Gasteiger partial charge in [0.2, 0.25) is 0 Å². The molecule has 0 radical (unpaired) electrons. The molecule has 4 aromatic rings. The van der Waals surface area contributed by atoms with Crippen LogP contribution in [0, 0.1) is 0 Å². The van der Waals surface area contributed by atoms with Crippen molar-refractivity contribution in [2.24, 2.45) is 0 Å². The van der Waals surface area contributed by atoms with E-state index in [1.165, 1.54) is 31.4 Å². The van der Waals surface area contributed by atoms with Crippen molar-refractivity contribution in [1.29, 1.82) is 0 Å². The van der Waals surface area contributed by atoms with Gasteiger partial charge in [-0.3, -0.25) is 14.9 Å². The number of ether oxygens (including phenoxy) is 3. The third-order valence-corrected chi connectivity index (χ3v) is 7.86. The van der Waals surface area contributed by atoms with Gasteiger partial charge in [-0.2, -0.15) is 0 Å². The largest absolute Gasteiger partial charge is 0.493 e. The minimum Gasteiger partial charge on any atom is -0.493 e. The molecular weight excluding hydrogens is 695 g/mol. The Morgan fingerprint density at radius 2 is 1.57 bits per heavy atom. The van der Waals surface area contributed by atoms with Gasteiger partial charge in [0.15, 0.2) is 11.5 Å². The fourth-order valence-electron chi connectivity index (χ4n) is 4.25. The molecule has 1 fully saturated rings. The smallest absolute Gasteiger partial charge is 0.335 e. The number of carbonyl (C=O) groups is 3. The predicted molar refractivity (Wildman–Crippen MR) is 173 cm³/mol. The first kappa shape index (κ1) is 31.4. The first-order valence-electron chi connectivity index (χ1n) is 13.0. The highest BCUT2D eigenvalue weighted by Gasteiger charge is 2.37. The maximum Gasteiger partial charge on any atom is 0.335 e. The fourth-order valence-corrected chi connectivity index (χ4v) is 5.25. The Labute approximate surface area is 276 Å². The lowest BCUT2D eigenvalue weighted by molar-refractivity contribution is -0.122. The number of hydrogen-bond acceptors (Lipinski definition) is 6. The van der Waals surface area contributed by atoms with Crippen LogP contribution in [0.5, 0.6) is 17.2 Å². The standard InChI is InChI=1S/C32H22BrCl3N2O6/c1-42-28-14-19(13-27(36)29(28)44-16-18-2-5-21(33)6-3-18)12-25-30(39)37-32(41)38(31(25)40)23-8-10-24(11-9-23)43-17-20-4-7-22(34)15-26(20)35/h2-15H,16-17H2,1H3,(H,37,39,41)/b25-12+. The quantitative estimate of drug-likeness (QED) is 0.139. The zero-order valence-electron chi connectivity index (χ0n) is 22.9. The monoisotopic (exact) mass is 714 g/mol. The molecule has 12 heteroatoms. The van der Waals surface area contributed by atoms with Crippen LogP contribution in [0.3, 0.4) is 0 Å². The Kier molecular flexibility index (Phi) is 9.80. The summed E-state index contributed by atoms with van der Waals surface area (Å²) in [4.78, 5) is 39.7. The molecular formula is C32H22BrCl3N2O6. The maximum atomic E-state index is 13.4. The summed E-state index contributed by atoms with van der Waals surface area (Å²) in [5, 5.41) is 3.40. The molecule has 4 amide bonds. The average Bonchev–Trinajstić information content (AvgIpc) is 2.99. The molecule has 44 heavy (non-hydrogen) atoms. The van der Waals surface area contributed by atoms with Crippen LogP contribution in [0.4, 0.5) is 10.5 Å². The number of carbonyl (C=O) groups excluding carboxylic acids is 3. The van der Waals surface area contributed by atoms with Crippen LogP contribution in [-0.4, -0.2) is 25.0 Å². The van der Waals surface area contributed by atoms with Crippen LogP contribution in [0.2, 0.25) is 15.1 Å². The first-order chi connectivity index (χ1) is 21.1. The molecule has 0 bridgehead atoms. The zero-order valence-corrected chi connectivity index (χ0v) is 26.8. The average molecular weight is 717 g/mol. The second kappa shape index (κ2) is 13.7. The van der Waals surface area contributed by atoms with Gasteiger partial charge in [0.1, 0.15) is 24.5 Å². The van der Waals surface area contributed by atoms with Crippen molar-refractivity contribution < 1.29 is 28.6 Å². The Bertz CT molecular complexity index is 1780. The number of nitrogens with zero attached hydrogens (tertiary/aromatic N) is 1. The Hall–Kier alpha value is -4.02. The number of hydrogen-bond donors (Lipinski definition) is 1. The van der Waals surface area contributed by atoms with Crippen molar-refractivity contribution in [3.63, 3.8) is 0 Å². The Morgan fingerprint density at radius 1 is 0.841 bits per heavy atom. The minimum atomic E-state index is -0.883. The molecule has 1 saturated heterocycles. The van der Waals surface area contributed by atoms with Gasteiger partial charge in [-0.15, -0.1) is 0 Å². The summed E-state index contributed by atoms with van der Waals surface area (Å²) in [6.07, 6.45) is 1.33. The van der Waals surface area contributed by atoms with Crippen LogP contribution in [0.15, 0.2) is 88.9 Å². The Morgan fingerprint density at radius 3 is 2.25 bits per heavy atom. The Balaban J connectivity index is 1.33. The van der Waals surface area contributed by atoms with E-state index in [4.69, 9.17) is 49.0 Å². The van der Waals surface area contributed by atoms with E-state index in [1.807, 2.05) is 24.3 Å². The van der Waals surface area contributed by atoms with Gasteiger partial charge in [0, 0.05) is 20.1 Å². The van der Waals surface area contributed by atoms with Crippen molar-refractivity contribution in [1.82, 2.24) is 5.32 Å². The lowest BCUT2D eigenvalue weighted by atomic mass is 10.1. The molecule has 0 saturated carbocycles. The number of rotatable bonds is 9. The summed E-state index contributed by atoms with van der Waals surface area (Å²) in [6.45, 7) is 0.417. The molecule has 8 nitrogen and oxygen atoms in total. The third kappa shape index (κ3) is 7.19. The van der Waals surface area contributed by atoms with Crippen LogP contribution >= 0.6 is 50.7 Å². The number of benzene rings is 4. The SMILES string of the molecule is COc1cc(/C=C2\C(=O)NC(=O)N(c3ccc(OCc4ccc(Cl)cc4Cl)cc3)C2=O)cc(Cl)c1OCc1ccc(Br)cc1. The number of methoxy groups -OCH3 is 1. The summed E-state index contributed by atoms with van der Waals surface area (Å²) in [5.41, 5.74) is 2.00. The van der Waals surface area contributed by atoms with E-state index < -0.39 is 17.8 Å². The molecule has 1 aliphatic rings. The van der Waals surface area contributed by atoms with Gasteiger partial charge in [0.25, 0.3) is 11.8 Å². The van der Waals surface area contributed by atoms with Crippen molar-refractivity contribution in [3.8, 4) is 17.2 Å². The number of barbiturate groups is 1. The molecule has 0 aromatic heterocycles. The second-order valence-electron chi connectivity index (χ2n) is 9.43. The number of urea groups is 1. The van der Waals surface area contributed by atoms with Gasteiger partial charge in [-0.25, -0.2) is 9.69 Å². The fraction of sp³-hybridized carbons (Fsp3) is 0.0938. The summed E-state index contributed by atoms with van der Waals surface area (Å²) in [6, 6.07) is 21.2. The van der Waals surface area contributed by atoms with E-state index in [2.05, 4.69) is 21.2 Å². The number of halogens is 4. The van der Waals surface area contributed by atoms with E-state index in [1.54, 1.807) is 36.4 Å². The highest BCUT2D eigenvalue weighted by atomic mass is 79.9. The van der Waals surface area contributed by atoms with Crippen molar-refractivity contribution >= 4 is 80.3 Å². The van der Waals surface area contributed by atoms with Gasteiger partial charge >= 0.3 is 6.03 Å². The van der Waals surface area contributed by atoms with E-state index in [9.17, 15) is 14.4 Å². The van der Waals surface area contributed by atoms with Gasteiger partial charge in [-0.05, 0) is 77.9 Å². The predicted octanol–water partition coefficient (Wildman–Crippen LogP) is 8.24. The molecule has 1 aliphatic heterocycles. The van der Waals surface area contributed by atoms with E-state index in [-0.39, 0.29) is 29.5 Å². The third-order valence-electron chi connectivity index (χ3n) is 6.47. The molecule has 0 atom stereocenters. The van der Waals surface area contributed by atoms with Crippen LogP contribution in [0.1, 0.15) is 16.7 Å². The molecule has 0 unspecified atom stereocenters. The lowest BCUT2D eigenvalue weighted by Crippen LogP contribution is -2.54. The van der Waals surface area contributed by atoms with Crippen LogP contribution in [-0.2, 0) is 22.8 Å². The van der Waals surface area contributed by atoms with Gasteiger partial charge < -0.3 is 14.2 Å². The lowest BCUT2D eigenvalue weighted by Gasteiger charge is -2.26. The maximum absolute atomic E-state index is 13.4. The van der Waals surface area contributed by atoms with E-state index >= 15 is 0 Å². The normalized spacial score (nSPS) is 14.1. The highest BCUT2D eigenvalue weighted by molar-refractivity contribution is 9.10. The van der Waals surface area contributed by atoms with Crippen LogP contribution in [0.25, 0.3) is 6.08 Å². The van der Waals surface area contributed by atoms with Gasteiger partial charge in [0.05, 0.1) is 17.8 Å². The van der Waals surface area contributed by atoms with Crippen molar-refractivity contribution in [2.45, 2.75) is 13.2 Å². The molecule has 4 aromatic carbocycles. The molecule has 1 heterocycles. The number of imide groups is 2. The van der Waals surface area contributed by atoms with Gasteiger partial charge in [-0.1, -0.05) is 68.9 Å². The second-order valence-corrected chi connectivity index (χ2v) is 11.6. The van der Waals surface area contributed by atoms with E-state index in [0.29, 0.717) is 32.9 Å². The van der Waals surface area contributed by atoms with Crippen LogP contribution < -0.4 is 24.4 Å². The first-order valence-corrected chi connectivity index (χ1v) is 14.9. The minimum absolute atomic E-state index is 0.181. The zero-order chi connectivity index (χ0) is 31.4. The molecule has 0 spiro atoms. The van der Waals surface area contributed by atoms with Crippen molar-refractivity contribution in [2.75, 3.05) is 12.0 Å². The topological polar surface area (TPSA) is 94.2 Å².